The van der Waals surface area contributed by atoms with Crippen molar-refractivity contribution in [3.63, 3.8) is 0 Å². The largest absolute Gasteiger partial charge is 0.389 e. The van der Waals surface area contributed by atoms with Crippen LogP contribution in [0.4, 0.5) is 13.8 Å². The number of benzene rings is 1. The van der Waals surface area contributed by atoms with Crippen LogP contribution in [0.1, 0.15) is 57.2 Å². The number of thiophene rings is 1. The summed E-state index contributed by atoms with van der Waals surface area (Å²) in [5.74, 6) is 0.418. The van der Waals surface area contributed by atoms with E-state index >= 15 is 4.39 Å². The lowest BCUT2D eigenvalue weighted by atomic mass is 9.92. The molecule has 1 atom stereocenters. The molecule has 228 valence electrons. The number of amidine groups is 1. The number of likely N-dealkylation sites (N-methyl/N-ethyl adjacent to an activating group) is 1. The van der Waals surface area contributed by atoms with Crippen LogP contribution in [0.5, 0.6) is 0 Å². The topological polar surface area (TPSA) is 94.0 Å². The van der Waals surface area contributed by atoms with Gasteiger partial charge in [0, 0.05) is 54.1 Å². The first-order valence-electron chi connectivity index (χ1n) is 14.4. The van der Waals surface area contributed by atoms with Gasteiger partial charge in [-0.3, -0.25) is 4.98 Å². The zero-order chi connectivity index (χ0) is 31.4. The van der Waals surface area contributed by atoms with Crippen LogP contribution >= 0.6 is 11.3 Å². The van der Waals surface area contributed by atoms with Crippen molar-refractivity contribution in [1.82, 2.24) is 19.7 Å². The summed E-state index contributed by atoms with van der Waals surface area (Å²) in [6.45, 7) is 10.3. The van der Waals surface area contributed by atoms with Gasteiger partial charge in [0.1, 0.15) is 28.5 Å². The summed E-state index contributed by atoms with van der Waals surface area (Å²) in [6.07, 6.45) is 2.69. The first-order chi connectivity index (χ1) is 20.3. The van der Waals surface area contributed by atoms with Crippen LogP contribution < -0.4 is 16.2 Å². The number of nitriles is 1. The van der Waals surface area contributed by atoms with Gasteiger partial charge < -0.3 is 25.2 Å². The normalized spacial score (nSPS) is 20.1. The zero-order valence-electron chi connectivity index (χ0n) is 26.2. The van der Waals surface area contributed by atoms with E-state index in [1.54, 1.807) is 0 Å². The molecule has 4 heterocycles. The summed E-state index contributed by atoms with van der Waals surface area (Å²) in [7, 11) is 8.03. The average Bonchev–Trinajstić information content (AvgIpc) is 3.69. The Morgan fingerprint density at radius 3 is 2.51 bits per heavy atom. The third kappa shape index (κ3) is 5.05. The third-order valence-corrected chi connectivity index (χ3v) is 10.1. The van der Waals surface area contributed by atoms with Crippen molar-refractivity contribution < 1.29 is 13.5 Å². The fourth-order valence-corrected chi connectivity index (χ4v) is 6.96. The van der Waals surface area contributed by atoms with Crippen LogP contribution in [0.3, 0.4) is 0 Å². The molecule has 0 amide bonds. The molecule has 1 unspecified atom stereocenters. The van der Waals surface area contributed by atoms with E-state index in [-0.39, 0.29) is 50.7 Å². The molecule has 0 radical (unpaired) electrons. The number of halogens is 2. The molecular formula is C32H39F2N7OS. The Morgan fingerprint density at radius 1 is 1.21 bits per heavy atom. The summed E-state index contributed by atoms with van der Waals surface area (Å²) >= 11 is 0.970. The highest BCUT2D eigenvalue weighted by atomic mass is 32.1. The minimum absolute atomic E-state index is 0.0382. The molecule has 2 N–H and O–H groups in total. The molecule has 1 aromatic carbocycles. The maximum absolute atomic E-state index is 17.2. The van der Waals surface area contributed by atoms with Gasteiger partial charge in [-0.2, -0.15) is 5.26 Å². The van der Waals surface area contributed by atoms with E-state index in [9.17, 15) is 9.65 Å². The lowest BCUT2D eigenvalue weighted by Crippen LogP contribution is -2.44. The number of nitrogens with zero attached hydrogens (tertiary/aromatic N) is 6. The van der Waals surface area contributed by atoms with E-state index in [0.29, 0.717) is 28.2 Å². The van der Waals surface area contributed by atoms with Crippen molar-refractivity contribution in [2.45, 2.75) is 59.3 Å². The van der Waals surface area contributed by atoms with Crippen molar-refractivity contribution in [1.29, 1.82) is 5.26 Å². The molecule has 0 saturated carbocycles. The van der Waals surface area contributed by atoms with Crippen molar-refractivity contribution >= 4 is 43.7 Å². The predicted octanol–water partition coefficient (Wildman–Crippen LogP) is 4.38. The number of aliphatic imine (C=N–C) groups is 1. The molecule has 8 nitrogen and oxygen atoms in total. The third-order valence-electron chi connectivity index (χ3n) is 9.06. The quantitative estimate of drug-likeness (QED) is 0.340. The van der Waals surface area contributed by atoms with Gasteiger partial charge in [-0.15, -0.1) is 11.3 Å². The van der Waals surface area contributed by atoms with E-state index in [1.807, 2.05) is 39.8 Å². The van der Waals surface area contributed by atoms with Crippen molar-refractivity contribution in [3.8, 4) is 17.3 Å². The number of rotatable bonds is 5. The Bertz CT molecular complexity index is 1820. The van der Waals surface area contributed by atoms with Gasteiger partial charge in [-0.25, -0.2) is 13.8 Å². The number of pyridine rings is 1. The lowest BCUT2D eigenvalue weighted by Gasteiger charge is -2.32. The molecule has 2 aliphatic rings. The maximum atomic E-state index is 17.2. The Labute approximate surface area is 255 Å². The fraction of sp³-hybridized carbons (Fsp3) is 0.469. The molecule has 0 spiro atoms. The van der Waals surface area contributed by atoms with Gasteiger partial charge >= 0.3 is 0 Å². The fourth-order valence-electron chi connectivity index (χ4n) is 6.04. The average molecular weight is 608 g/mol. The monoisotopic (exact) mass is 607 g/mol. The van der Waals surface area contributed by atoms with Crippen LogP contribution in [-0.2, 0) is 18.0 Å². The van der Waals surface area contributed by atoms with Gasteiger partial charge in [-0.1, -0.05) is 12.5 Å². The van der Waals surface area contributed by atoms with Crippen molar-refractivity contribution in [2.24, 2.45) is 4.99 Å². The number of ether oxygens (including phenoxy) is 1. The van der Waals surface area contributed by atoms with Gasteiger partial charge in [0.25, 0.3) is 0 Å². The number of nitrogen functional groups attached to an aromatic ring is 1. The maximum Gasteiger partial charge on any atom is 0.159 e. The number of anilines is 1. The predicted molar refractivity (Wildman–Crippen MR) is 170 cm³/mol. The molecule has 2 aliphatic heterocycles. The molecule has 5 rings (SSSR count). The Balaban J connectivity index is 1.88. The number of aromatic nitrogens is 1. The lowest BCUT2D eigenvalue weighted by molar-refractivity contribution is 0.134. The van der Waals surface area contributed by atoms with Crippen LogP contribution in [0.25, 0.3) is 32.7 Å². The van der Waals surface area contributed by atoms with Gasteiger partial charge in [0.05, 0.1) is 35.4 Å². The van der Waals surface area contributed by atoms with Crippen LogP contribution in [0, 0.1) is 23.0 Å². The second-order valence-electron chi connectivity index (χ2n) is 12.1. The van der Waals surface area contributed by atoms with Crippen LogP contribution in [0.2, 0.25) is 0 Å². The summed E-state index contributed by atoms with van der Waals surface area (Å²) < 4.78 is 38.2. The van der Waals surface area contributed by atoms with E-state index < -0.39 is 11.6 Å². The minimum Gasteiger partial charge on any atom is -0.389 e. The SMILES string of the molecule is CCC(C)=c1c(F)c(-c2ncc(F)c3sc(N)c(C#N)c23)c2c(/c1=C(/N=C(\C)N1CCC(C)(N(C)C)C1)N(C)C)COC2. The van der Waals surface area contributed by atoms with Crippen molar-refractivity contribution in [2.75, 3.05) is 47.0 Å². The van der Waals surface area contributed by atoms with Crippen molar-refractivity contribution in [3.05, 3.63) is 45.0 Å². The first-order valence-corrected chi connectivity index (χ1v) is 15.2. The minimum atomic E-state index is -0.598. The zero-order valence-corrected chi connectivity index (χ0v) is 27.0. The number of fused-ring (bicyclic) bond motifs is 2. The van der Waals surface area contributed by atoms with Gasteiger partial charge in [0.15, 0.2) is 5.82 Å². The second kappa shape index (κ2) is 11.5. The molecule has 43 heavy (non-hydrogen) atoms. The summed E-state index contributed by atoms with van der Waals surface area (Å²) in [4.78, 5) is 16.0. The van der Waals surface area contributed by atoms with Crippen LogP contribution in [0.15, 0.2) is 11.2 Å². The smallest absolute Gasteiger partial charge is 0.159 e. The molecule has 11 heteroatoms. The molecule has 0 aliphatic carbocycles. The Kier molecular flexibility index (Phi) is 8.24. The molecule has 3 aromatic rings. The molecule has 0 bridgehead atoms. The van der Waals surface area contributed by atoms with E-state index in [4.69, 9.17) is 15.5 Å². The Morgan fingerprint density at radius 2 is 1.91 bits per heavy atom. The van der Waals surface area contributed by atoms with E-state index in [0.717, 1.165) is 54.0 Å². The highest BCUT2D eigenvalue weighted by Crippen LogP contribution is 2.42. The van der Waals surface area contributed by atoms with Gasteiger partial charge in [-0.05, 0) is 58.8 Å². The summed E-state index contributed by atoms with van der Waals surface area (Å²) in [6, 6.07) is 2.08. The molecular weight excluding hydrogens is 568 g/mol. The summed E-state index contributed by atoms with van der Waals surface area (Å²) in [5, 5.41) is 11.4. The molecule has 1 fully saturated rings. The molecule has 2 aromatic heterocycles. The number of hydrogen-bond donors (Lipinski definition) is 1. The first kappa shape index (κ1) is 30.9. The van der Waals surface area contributed by atoms with Crippen LogP contribution in [-0.4, -0.2) is 72.3 Å². The standard InChI is InChI=1S/C32H39F2N7OS/c1-9-17(2)23-24(31(39(5)6)38-18(3)41-11-10-32(4,16-41)40(7)8)20-14-42-15-21(20)25(27(23)34)28-26-19(12-35)30(36)43-29(26)22(33)13-37-28/h13H,9-11,14-16,36H2,1-8H3/b23-17?,31-24+,38-18+. The highest BCUT2D eigenvalue weighted by Gasteiger charge is 2.36. The van der Waals surface area contributed by atoms with E-state index in [2.05, 4.69) is 41.9 Å². The summed E-state index contributed by atoms with van der Waals surface area (Å²) in [5.41, 5.74) is 8.95. The highest BCUT2D eigenvalue weighted by molar-refractivity contribution is 7.23. The second-order valence-corrected chi connectivity index (χ2v) is 13.1. The number of nitrogens with two attached hydrogens (primary N) is 1. The number of likely N-dealkylation sites (tertiary alicyclic amines) is 1. The van der Waals surface area contributed by atoms with E-state index in [1.165, 1.54) is 0 Å². The Hall–Kier alpha value is -3.59. The van der Waals surface area contributed by atoms with Gasteiger partial charge in [0.2, 0.25) is 0 Å². The number of hydrogen-bond acceptors (Lipinski definition) is 8. The molecule has 1 saturated heterocycles.